The number of nitrogens with two attached hydrogens (primary N) is 1. The summed E-state index contributed by atoms with van der Waals surface area (Å²) < 4.78 is 0. The molecule has 78 valence electrons. The lowest BCUT2D eigenvalue weighted by Crippen LogP contribution is -2.41. The van der Waals surface area contributed by atoms with E-state index in [-0.39, 0.29) is 5.54 Å². The number of hydrogen-bond donors (Lipinski definition) is 2. The van der Waals surface area contributed by atoms with Gasteiger partial charge in [0.05, 0.1) is 5.84 Å². The normalized spacial score (nSPS) is 12.1. The summed E-state index contributed by atoms with van der Waals surface area (Å²) in [5.41, 5.74) is 5.55. The molecule has 0 amide bonds. The predicted octanol–water partition coefficient (Wildman–Crippen LogP) is 1.82. The quantitative estimate of drug-likeness (QED) is 0.490. The molecule has 0 aromatic heterocycles. The van der Waals surface area contributed by atoms with Crippen molar-refractivity contribution >= 4 is 5.84 Å². The molecule has 3 nitrogen and oxygen atoms in total. The van der Waals surface area contributed by atoms with Gasteiger partial charge in [-0.25, -0.2) is 0 Å². The molecule has 13 heavy (non-hydrogen) atoms. The van der Waals surface area contributed by atoms with Gasteiger partial charge in [-0.15, -0.1) is 0 Å². The first-order chi connectivity index (χ1) is 5.90. The Bertz CT molecular complexity index is 164. The van der Waals surface area contributed by atoms with Crippen molar-refractivity contribution in [3.05, 3.63) is 0 Å². The summed E-state index contributed by atoms with van der Waals surface area (Å²) in [7, 11) is 2.13. The summed E-state index contributed by atoms with van der Waals surface area (Å²) in [4.78, 5) is 2.33. The van der Waals surface area contributed by atoms with Crippen LogP contribution in [0.1, 0.15) is 40.0 Å². The second-order valence-corrected chi connectivity index (χ2v) is 4.22. The fourth-order valence-corrected chi connectivity index (χ4v) is 1.08. The third-order valence-corrected chi connectivity index (χ3v) is 2.84. The van der Waals surface area contributed by atoms with Crippen LogP contribution in [0.4, 0.5) is 0 Å². The van der Waals surface area contributed by atoms with Crippen LogP contribution in [0.25, 0.3) is 0 Å². The van der Waals surface area contributed by atoms with Crippen molar-refractivity contribution in [2.75, 3.05) is 13.6 Å². The Morgan fingerprint density at radius 2 is 2.00 bits per heavy atom. The average Bonchev–Trinajstić information content (AvgIpc) is 2.03. The molecule has 0 aliphatic carbocycles. The maximum absolute atomic E-state index is 7.10. The second-order valence-electron chi connectivity index (χ2n) is 4.22. The lowest BCUT2D eigenvalue weighted by atomic mass is 10.00. The van der Waals surface area contributed by atoms with E-state index in [1.54, 1.807) is 0 Å². The zero-order valence-corrected chi connectivity index (χ0v) is 9.35. The highest BCUT2D eigenvalue weighted by Gasteiger charge is 2.19. The van der Waals surface area contributed by atoms with Gasteiger partial charge in [0.2, 0.25) is 0 Å². The van der Waals surface area contributed by atoms with Crippen LogP contribution in [-0.2, 0) is 0 Å². The molecule has 0 aromatic rings. The molecule has 0 radical (unpaired) electrons. The summed E-state index contributed by atoms with van der Waals surface area (Å²) in [6.07, 6.45) is 2.84. The predicted molar refractivity (Wildman–Crippen MR) is 58.1 cm³/mol. The lowest BCUT2D eigenvalue weighted by Gasteiger charge is -2.34. The highest BCUT2D eigenvalue weighted by molar-refractivity contribution is 5.76. The van der Waals surface area contributed by atoms with Crippen LogP contribution >= 0.6 is 0 Å². The highest BCUT2D eigenvalue weighted by atomic mass is 15.2. The van der Waals surface area contributed by atoms with E-state index in [4.69, 9.17) is 11.1 Å². The number of nitrogens with one attached hydrogen (secondary N) is 1. The third-order valence-electron chi connectivity index (χ3n) is 2.84. The summed E-state index contributed by atoms with van der Waals surface area (Å²) in [6.45, 7) is 7.68. The van der Waals surface area contributed by atoms with Gasteiger partial charge in [-0.05, 0) is 40.3 Å². The highest BCUT2D eigenvalue weighted by Crippen LogP contribution is 2.16. The zero-order valence-electron chi connectivity index (χ0n) is 9.35. The lowest BCUT2D eigenvalue weighted by molar-refractivity contribution is 0.150. The van der Waals surface area contributed by atoms with E-state index in [0.29, 0.717) is 12.3 Å². The topological polar surface area (TPSA) is 53.1 Å². The summed E-state index contributed by atoms with van der Waals surface area (Å²) >= 11 is 0. The first kappa shape index (κ1) is 12.4. The van der Waals surface area contributed by atoms with Gasteiger partial charge in [0.15, 0.2) is 0 Å². The largest absolute Gasteiger partial charge is 0.388 e. The minimum atomic E-state index is 0.261. The first-order valence-electron chi connectivity index (χ1n) is 4.94. The molecule has 0 fully saturated rings. The van der Waals surface area contributed by atoms with Crippen molar-refractivity contribution < 1.29 is 0 Å². The van der Waals surface area contributed by atoms with Crippen molar-refractivity contribution in [1.82, 2.24) is 4.90 Å². The molecule has 3 heteroatoms. The Kier molecular flexibility index (Phi) is 4.99. The molecule has 0 aliphatic rings. The maximum atomic E-state index is 7.10. The molecule has 0 rings (SSSR count). The molecule has 0 saturated heterocycles. The third kappa shape index (κ3) is 4.88. The van der Waals surface area contributed by atoms with Crippen LogP contribution < -0.4 is 5.73 Å². The minimum Gasteiger partial charge on any atom is -0.388 e. The van der Waals surface area contributed by atoms with E-state index < -0.39 is 0 Å². The maximum Gasteiger partial charge on any atom is 0.0905 e. The van der Waals surface area contributed by atoms with Crippen LogP contribution in [-0.4, -0.2) is 29.9 Å². The van der Waals surface area contributed by atoms with Gasteiger partial charge in [-0.2, -0.15) is 0 Å². The van der Waals surface area contributed by atoms with Crippen molar-refractivity contribution in [2.24, 2.45) is 5.73 Å². The molecule has 0 spiro atoms. The van der Waals surface area contributed by atoms with Crippen LogP contribution in [0.15, 0.2) is 0 Å². The van der Waals surface area contributed by atoms with Crippen molar-refractivity contribution in [2.45, 2.75) is 45.6 Å². The molecule has 0 aliphatic heterocycles. The van der Waals surface area contributed by atoms with Gasteiger partial charge >= 0.3 is 0 Å². The Morgan fingerprint density at radius 1 is 1.46 bits per heavy atom. The molecule has 0 bridgehead atoms. The molecule has 0 atom stereocenters. The Morgan fingerprint density at radius 3 is 2.38 bits per heavy atom. The van der Waals surface area contributed by atoms with Crippen molar-refractivity contribution in [3.63, 3.8) is 0 Å². The van der Waals surface area contributed by atoms with Crippen LogP contribution in [0.5, 0.6) is 0 Å². The van der Waals surface area contributed by atoms with Gasteiger partial charge in [0.1, 0.15) is 0 Å². The number of nitrogens with zero attached hydrogens (tertiary/aromatic N) is 1. The zero-order chi connectivity index (χ0) is 10.5. The fraction of sp³-hybridized carbons (Fsp3) is 0.900. The van der Waals surface area contributed by atoms with E-state index in [1.165, 1.54) is 0 Å². The van der Waals surface area contributed by atoms with Gasteiger partial charge < -0.3 is 10.6 Å². The van der Waals surface area contributed by atoms with E-state index in [2.05, 4.69) is 32.7 Å². The first-order valence-corrected chi connectivity index (χ1v) is 4.94. The monoisotopic (exact) mass is 185 g/mol. The van der Waals surface area contributed by atoms with Gasteiger partial charge in [0.25, 0.3) is 0 Å². The number of rotatable bonds is 6. The Hall–Kier alpha value is -0.570. The summed E-state index contributed by atoms with van der Waals surface area (Å²) in [5, 5.41) is 7.10. The van der Waals surface area contributed by atoms with E-state index in [1.807, 2.05) is 0 Å². The average molecular weight is 185 g/mol. The minimum absolute atomic E-state index is 0.261. The smallest absolute Gasteiger partial charge is 0.0905 e. The Labute approximate surface area is 81.8 Å². The molecular weight excluding hydrogens is 162 g/mol. The van der Waals surface area contributed by atoms with Crippen molar-refractivity contribution in [1.29, 1.82) is 5.41 Å². The summed E-state index contributed by atoms with van der Waals surface area (Å²) in [5.74, 6) is 0.294. The SMILES string of the molecule is CCC(C)(C)N(C)CCCC(=N)N. The number of amidine groups is 1. The van der Waals surface area contributed by atoms with Gasteiger partial charge in [-0.3, -0.25) is 5.41 Å². The molecule has 0 aromatic carbocycles. The van der Waals surface area contributed by atoms with E-state index in [9.17, 15) is 0 Å². The molecule has 0 unspecified atom stereocenters. The van der Waals surface area contributed by atoms with Crippen LogP contribution in [0.2, 0.25) is 0 Å². The fourth-order valence-electron chi connectivity index (χ4n) is 1.08. The van der Waals surface area contributed by atoms with Crippen LogP contribution in [0.3, 0.4) is 0 Å². The van der Waals surface area contributed by atoms with Gasteiger partial charge in [-0.1, -0.05) is 6.92 Å². The second kappa shape index (κ2) is 5.22. The molecule has 0 heterocycles. The molecule has 3 N–H and O–H groups in total. The van der Waals surface area contributed by atoms with Crippen molar-refractivity contribution in [3.8, 4) is 0 Å². The van der Waals surface area contributed by atoms with Crippen LogP contribution in [0, 0.1) is 5.41 Å². The Balaban J connectivity index is 3.74. The molecular formula is C10H23N3. The molecule has 0 saturated carbocycles. The van der Waals surface area contributed by atoms with E-state index >= 15 is 0 Å². The van der Waals surface area contributed by atoms with E-state index in [0.717, 1.165) is 19.4 Å². The summed E-state index contributed by atoms with van der Waals surface area (Å²) in [6, 6.07) is 0. The standard InChI is InChI=1S/C10H23N3/c1-5-10(2,3)13(4)8-6-7-9(11)12/h5-8H2,1-4H3,(H3,11,12). The van der Waals surface area contributed by atoms with Gasteiger partial charge in [0, 0.05) is 12.0 Å². The number of hydrogen-bond acceptors (Lipinski definition) is 2.